The number of nitrogens with one attached hydrogen (secondary N) is 1. The maximum atomic E-state index is 12.1. The third-order valence-corrected chi connectivity index (χ3v) is 4.31. The van der Waals surface area contributed by atoms with Gasteiger partial charge in [-0.1, -0.05) is 19.3 Å². The lowest BCUT2D eigenvalue weighted by Crippen LogP contribution is -2.42. The molecule has 2 N–H and O–H groups in total. The number of ether oxygens (including phenoxy) is 1. The van der Waals surface area contributed by atoms with Crippen LogP contribution in [0, 0.1) is 0 Å². The molecule has 2 atom stereocenters. The second-order valence-corrected chi connectivity index (χ2v) is 5.90. The molecule has 1 saturated carbocycles. The van der Waals surface area contributed by atoms with Crippen LogP contribution in [-0.4, -0.2) is 40.7 Å². The van der Waals surface area contributed by atoms with Crippen LogP contribution in [-0.2, 0) is 4.74 Å². The summed E-state index contributed by atoms with van der Waals surface area (Å²) in [6, 6.07) is -0.243. The van der Waals surface area contributed by atoms with Gasteiger partial charge in [-0.05, 0) is 19.8 Å². The summed E-state index contributed by atoms with van der Waals surface area (Å²) in [5, 5.41) is 14.5. The highest BCUT2D eigenvalue weighted by Gasteiger charge is 2.25. The second kappa shape index (κ2) is 7.51. The quantitative estimate of drug-likeness (QED) is 0.653. The van der Waals surface area contributed by atoms with Crippen LogP contribution in [0.3, 0.4) is 0 Å². The monoisotopic (exact) mass is 312 g/mol. The van der Waals surface area contributed by atoms with Crippen LogP contribution in [0.2, 0.25) is 0 Å². The van der Waals surface area contributed by atoms with Crippen LogP contribution in [0.5, 0.6) is 0 Å². The smallest absolute Gasteiger partial charge is 0.367 e. The van der Waals surface area contributed by atoms with Gasteiger partial charge < -0.3 is 15.2 Å². The van der Waals surface area contributed by atoms with Gasteiger partial charge in [0.05, 0.1) is 18.8 Å². The van der Waals surface area contributed by atoms with E-state index in [-0.39, 0.29) is 29.3 Å². The van der Waals surface area contributed by atoms with E-state index in [0.717, 1.165) is 37.0 Å². The molecule has 1 aromatic rings. The summed E-state index contributed by atoms with van der Waals surface area (Å²) in [4.78, 5) is 27.6. The molecule has 2 unspecified atom stereocenters. The van der Waals surface area contributed by atoms with E-state index in [9.17, 15) is 14.7 Å². The SMILES string of the molecule is CCOC(=O)c1nc(C(=O)NC2CCCCCC2O)cs1. The Kier molecular flexibility index (Phi) is 5.69. The number of carbonyl (C=O) groups is 2. The third-order valence-electron chi connectivity index (χ3n) is 3.48. The molecule has 1 aliphatic rings. The molecule has 1 amide bonds. The molecule has 2 rings (SSSR count). The van der Waals surface area contributed by atoms with Crippen LogP contribution in [0.4, 0.5) is 0 Å². The van der Waals surface area contributed by atoms with Gasteiger partial charge in [-0.2, -0.15) is 0 Å². The molecule has 1 aliphatic carbocycles. The van der Waals surface area contributed by atoms with Crippen molar-refractivity contribution in [2.75, 3.05) is 6.61 Å². The van der Waals surface area contributed by atoms with Gasteiger partial charge >= 0.3 is 5.97 Å². The largest absolute Gasteiger partial charge is 0.461 e. The molecule has 1 aromatic heterocycles. The molecule has 7 heteroatoms. The lowest BCUT2D eigenvalue weighted by Gasteiger charge is -2.21. The van der Waals surface area contributed by atoms with Crippen molar-refractivity contribution < 1.29 is 19.4 Å². The number of carbonyl (C=O) groups excluding carboxylic acids is 2. The maximum absolute atomic E-state index is 12.1. The molecule has 1 fully saturated rings. The molecule has 0 aliphatic heterocycles. The summed E-state index contributed by atoms with van der Waals surface area (Å²) >= 11 is 1.08. The van der Waals surface area contributed by atoms with Crippen molar-refractivity contribution in [3.05, 3.63) is 16.1 Å². The highest BCUT2D eigenvalue weighted by molar-refractivity contribution is 7.11. The number of aromatic nitrogens is 1. The van der Waals surface area contributed by atoms with E-state index in [1.807, 2.05) is 0 Å². The van der Waals surface area contributed by atoms with Crippen LogP contribution in [0.25, 0.3) is 0 Å². The van der Waals surface area contributed by atoms with Crippen molar-refractivity contribution >= 4 is 23.2 Å². The average Bonchev–Trinajstić information content (AvgIpc) is 2.87. The first kappa shape index (κ1) is 15.9. The van der Waals surface area contributed by atoms with Crippen molar-refractivity contribution in [3.63, 3.8) is 0 Å². The Hall–Kier alpha value is -1.47. The molecule has 0 saturated heterocycles. The lowest BCUT2D eigenvalue weighted by molar-refractivity contribution is 0.0526. The van der Waals surface area contributed by atoms with Crippen LogP contribution >= 0.6 is 11.3 Å². The number of esters is 1. The topological polar surface area (TPSA) is 88.5 Å². The van der Waals surface area contributed by atoms with Gasteiger partial charge in [0.25, 0.3) is 5.91 Å². The van der Waals surface area contributed by atoms with Gasteiger partial charge in [-0.25, -0.2) is 9.78 Å². The molecule has 0 bridgehead atoms. The summed E-state index contributed by atoms with van der Waals surface area (Å²) < 4.78 is 4.84. The predicted octanol–water partition coefficient (Wildman–Crippen LogP) is 1.74. The first-order valence-electron chi connectivity index (χ1n) is 7.23. The Morgan fingerprint density at radius 1 is 1.43 bits per heavy atom. The van der Waals surface area contributed by atoms with E-state index < -0.39 is 12.1 Å². The van der Waals surface area contributed by atoms with E-state index in [0.29, 0.717) is 6.42 Å². The molecular formula is C14H20N2O4S. The number of thiazole rings is 1. The number of aliphatic hydroxyl groups is 1. The summed E-state index contributed by atoms with van der Waals surface area (Å²) in [6.07, 6.45) is 4.01. The minimum atomic E-state index is -0.518. The Bertz CT molecular complexity index is 503. The standard InChI is InChI=1S/C14H20N2O4S/c1-2-20-14(19)13-16-10(8-21-13)12(18)15-9-6-4-3-5-7-11(9)17/h8-9,11,17H,2-7H2,1H3,(H,15,18). The number of rotatable bonds is 4. The van der Waals surface area contributed by atoms with Gasteiger partial charge in [-0.15, -0.1) is 11.3 Å². The van der Waals surface area contributed by atoms with Gasteiger partial charge in [0.1, 0.15) is 5.69 Å². The van der Waals surface area contributed by atoms with E-state index in [1.54, 1.807) is 6.92 Å². The highest BCUT2D eigenvalue weighted by Crippen LogP contribution is 2.19. The minimum Gasteiger partial charge on any atom is -0.461 e. The fraction of sp³-hybridized carbons (Fsp3) is 0.643. The lowest BCUT2D eigenvalue weighted by atomic mass is 10.1. The fourth-order valence-electron chi connectivity index (χ4n) is 2.36. The van der Waals surface area contributed by atoms with Gasteiger partial charge in [0.15, 0.2) is 0 Å². The van der Waals surface area contributed by atoms with Crippen LogP contribution < -0.4 is 5.32 Å². The summed E-state index contributed by atoms with van der Waals surface area (Å²) in [5.74, 6) is -0.871. The van der Waals surface area contributed by atoms with Crippen molar-refractivity contribution in [1.82, 2.24) is 10.3 Å². The zero-order valence-corrected chi connectivity index (χ0v) is 12.8. The molecule has 0 aromatic carbocycles. The number of nitrogens with zero attached hydrogens (tertiary/aromatic N) is 1. The van der Waals surface area contributed by atoms with Crippen molar-refractivity contribution in [2.24, 2.45) is 0 Å². The summed E-state index contributed by atoms with van der Waals surface area (Å²) in [5.41, 5.74) is 0.194. The minimum absolute atomic E-state index is 0.170. The third kappa shape index (κ3) is 4.25. The number of hydrogen-bond acceptors (Lipinski definition) is 6. The van der Waals surface area contributed by atoms with Crippen LogP contribution in [0.15, 0.2) is 5.38 Å². The van der Waals surface area contributed by atoms with Crippen molar-refractivity contribution in [2.45, 2.75) is 51.2 Å². The Morgan fingerprint density at radius 3 is 2.95 bits per heavy atom. The molecular weight excluding hydrogens is 292 g/mol. The predicted molar refractivity (Wildman–Crippen MR) is 78.4 cm³/mol. The summed E-state index contributed by atoms with van der Waals surface area (Å²) in [6.45, 7) is 1.99. The molecule has 0 radical (unpaired) electrons. The number of aliphatic hydroxyl groups excluding tert-OH is 1. The fourth-order valence-corrected chi connectivity index (χ4v) is 3.05. The maximum Gasteiger partial charge on any atom is 0.367 e. The molecule has 116 valence electrons. The normalized spacial score (nSPS) is 22.4. The second-order valence-electron chi connectivity index (χ2n) is 5.04. The average molecular weight is 312 g/mol. The Balaban J connectivity index is 1.98. The number of amides is 1. The zero-order valence-electron chi connectivity index (χ0n) is 12.0. The Labute approximate surface area is 127 Å². The summed E-state index contributed by atoms with van der Waals surface area (Å²) in [7, 11) is 0. The van der Waals surface area contributed by atoms with E-state index in [4.69, 9.17) is 4.74 Å². The van der Waals surface area contributed by atoms with E-state index >= 15 is 0 Å². The van der Waals surface area contributed by atoms with Crippen molar-refractivity contribution in [3.8, 4) is 0 Å². The zero-order chi connectivity index (χ0) is 15.2. The van der Waals surface area contributed by atoms with Gasteiger partial charge in [0, 0.05) is 5.38 Å². The number of hydrogen-bond donors (Lipinski definition) is 2. The first-order valence-corrected chi connectivity index (χ1v) is 8.11. The first-order chi connectivity index (χ1) is 10.1. The Morgan fingerprint density at radius 2 is 2.19 bits per heavy atom. The van der Waals surface area contributed by atoms with Crippen LogP contribution in [0.1, 0.15) is 59.3 Å². The van der Waals surface area contributed by atoms with Gasteiger partial charge in [-0.3, -0.25) is 4.79 Å². The van der Waals surface area contributed by atoms with E-state index in [1.165, 1.54) is 5.38 Å². The highest BCUT2D eigenvalue weighted by atomic mass is 32.1. The molecule has 0 spiro atoms. The molecule has 1 heterocycles. The van der Waals surface area contributed by atoms with Gasteiger partial charge in [0.2, 0.25) is 5.01 Å². The van der Waals surface area contributed by atoms with E-state index in [2.05, 4.69) is 10.3 Å². The molecule has 21 heavy (non-hydrogen) atoms. The molecule has 6 nitrogen and oxygen atoms in total. The van der Waals surface area contributed by atoms with Crippen molar-refractivity contribution in [1.29, 1.82) is 0 Å².